The number of carbonyl (C=O) groups excluding carboxylic acids is 2. The zero-order chi connectivity index (χ0) is 19.4. The van der Waals surface area contributed by atoms with E-state index in [9.17, 15) is 9.59 Å². The standard InChI is InChI=1S/C20H30N4O3/c1-4-27-17-7-5-16(6-8-17)21-19(26)24-14-13-23(3)20(15-24)10-9-18(25)22(2)12-11-20/h5-8H,4,9-15H2,1-3H3,(H,21,26)/t20-/m1/s1. The van der Waals surface area contributed by atoms with Gasteiger partial charge in [0.15, 0.2) is 0 Å². The Morgan fingerprint density at radius 2 is 1.89 bits per heavy atom. The van der Waals surface area contributed by atoms with Gasteiger partial charge in [-0.05, 0) is 51.1 Å². The van der Waals surface area contributed by atoms with Gasteiger partial charge in [-0.2, -0.15) is 0 Å². The predicted molar refractivity (Wildman–Crippen MR) is 105 cm³/mol. The minimum atomic E-state index is -0.130. The average Bonchev–Trinajstić information content (AvgIpc) is 2.80. The molecule has 0 radical (unpaired) electrons. The number of amides is 3. The van der Waals surface area contributed by atoms with Gasteiger partial charge >= 0.3 is 6.03 Å². The molecular formula is C20H30N4O3. The van der Waals surface area contributed by atoms with Gasteiger partial charge in [0.1, 0.15) is 5.75 Å². The zero-order valence-corrected chi connectivity index (χ0v) is 16.5. The van der Waals surface area contributed by atoms with Crippen LogP contribution in [0.4, 0.5) is 10.5 Å². The van der Waals surface area contributed by atoms with Crippen molar-refractivity contribution >= 4 is 17.6 Å². The van der Waals surface area contributed by atoms with Gasteiger partial charge in [0.2, 0.25) is 5.91 Å². The second-order valence-electron chi connectivity index (χ2n) is 7.52. The minimum Gasteiger partial charge on any atom is -0.494 e. The first kappa shape index (κ1) is 19.5. The molecule has 1 atom stereocenters. The van der Waals surface area contributed by atoms with Gasteiger partial charge in [0, 0.05) is 50.9 Å². The maximum atomic E-state index is 12.8. The molecule has 0 unspecified atom stereocenters. The average molecular weight is 374 g/mol. The molecule has 2 fully saturated rings. The lowest BCUT2D eigenvalue weighted by atomic mass is 9.86. The maximum absolute atomic E-state index is 12.8. The third-order valence-electron chi connectivity index (χ3n) is 5.85. The van der Waals surface area contributed by atoms with Crippen LogP contribution >= 0.6 is 0 Å². The number of hydrogen-bond donors (Lipinski definition) is 1. The molecule has 0 aromatic heterocycles. The van der Waals surface area contributed by atoms with Crippen molar-refractivity contribution in [3.63, 3.8) is 0 Å². The van der Waals surface area contributed by atoms with Crippen LogP contribution in [0.1, 0.15) is 26.2 Å². The van der Waals surface area contributed by atoms with Crippen molar-refractivity contribution in [3.05, 3.63) is 24.3 Å². The molecule has 2 heterocycles. The SMILES string of the molecule is CCOc1ccc(NC(=O)N2CCN(C)[C@@]3(CCC(=O)N(C)CC3)C2)cc1. The number of rotatable bonds is 3. The third kappa shape index (κ3) is 4.35. The van der Waals surface area contributed by atoms with Crippen LogP contribution < -0.4 is 10.1 Å². The monoisotopic (exact) mass is 374 g/mol. The Labute approximate surface area is 161 Å². The highest BCUT2D eigenvalue weighted by Gasteiger charge is 2.42. The van der Waals surface area contributed by atoms with Crippen LogP contribution in [-0.4, -0.2) is 79.1 Å². The number of likely N-dealkylation sites (N-methyl/N-ethyl adjacent to an activating group) is 1. The van der Waals surface area contributed by atoms with E-state index in [2.05, 4.69) is 17.3 Å². The van der Waals surface area contributed by atoms with Gasteiger partial charge in [0.05, 0.1) is 6.61 Å². The Balaban J connectivity index is 1.66. The molecule has 0 saturated carbocycles. The molecule has 2 saturated heterocycles. The van der Waals surface area contributed by atoms with Crippen LogP contribution in [0, 0.1) is 0 Å². The summed E-state index contributed by atoms with van der Waals surface area (Å²) >= 11 is 0. The molecule has 2 aliphatic heterocycles. The number of urea groups is 1. The summed E-state index contributed by atoms with van der Waals surface area (Å²) in [6.45, 7) is 5.44. The summed E-state index contributed by atoms with van der Waals surface area (Å²) in [4.78, 5) is 30.9. The minimum absolute atomic E-state index is 0.0874. The van der Waals surface area contributed by atoms with Gasteiger partial charge < -0.3 is 19.9 Å². The quantitative estimate of drug-likeness (QED) is 0.881. The number of ether oxygens (including phenoxy) is 1. The fraction of sp³-hybridized carbons (Fsp3) is 0.600. The molecule has 3 amide bonds. The van der Waals surface area contributed by atoms with E-state index >= 15 is 0 Å². The number of carbonyl (C=O) groups is 2. The second kappa shape index (κ2) is 8.17. The number of hydrogen-bond acceptors (Lipinski definition) is 4. The highest BCUT2D eigenvalue weighted by Crippen LogP contribution is 2.32. The van der Waals surface area contributed by atoms with E-state index in [4.69, 9.17) is 4.74 Å². The highest BCUT2D eigenvalue weighted by molar-refractivity contribution is 5.89. The van der Waals surface area contributed by atoms with Gasteiger partial charge in [-0.15, -0.1) is 0 Å². The number of piperazine rings is 1. The van der Waals surface area contributed by atoms with Crippen molar-refractivity contribution in [1.82, 2.24) is 14.7 Å². The molecular weight excluding hydrogens is 344 g/mol. The smallest absolute Gasteiger partial charge is 0.321 e. The molecule has 0 bridgehead atoms. The lowest BCUT2D eigenvalue weighted by Gasteiger charge is -2.49. The van der Waals surface area contributed by atoms with E-state index < -0.39 is 0 Å². The second-order valence-corrected chi connectivity index (χ2v) is 7.52. The molecule has 3 rings (SSSR count). The van der Waals surface area contributed by atoms with E-state index in [1.807, 2.05) is 48.0 Å². The number of likely N-dealkylation sites (tertiary alicyclic amines) is 1. The van der Waals surface area contributed by atoms with Crippen molar-refractivity contribution in [2.75, 3.05) is 52.2 Å². The van der Waals surface area contributed by atoms with Gasteiger partial charge in [0.25, 0.3) is 0 Å². The number of nitrogens with zero attached hydrogens (tertiary/aromatic N) is 3. The lowest BCUT2D eigenvalue weighted by Crippen LogP contribution is -2.62. The van der Waals surface area contributed by atoms with E-state index in [1.165, 1.54) is 0 Å². The van der Waals surface area contributed by atoms with Crippen LogP contribution in [0.2, 0.25) is 0 Å². The van der Waals surface area contributed by atoms with Gasteiger partial charge in [-0.25, -0.2) is 4.79 Å². The van der Waals surface area contributed by atoms with Crippen LogP contribution in [0.15, 0.2) is 24.3 Å². The van der Waals surface area contributed by atoms with E-state index in [0.717, 1.165) is 37.4 Å². The largest absolute Gasteiger partial charge is 0.494 e. The van der Waals surface area contributed by atoms with Crippen molar-refractivity contribution in [2.45, 2.75) is 31.7 Å². The molecule has 1 N–H and O–H groups in total. The molecule has 7 nitrogen and oxygen atoms in total. The summed E-state index contributed by atoms with van der Waals surface area (Å²) in [5.74, 6) is 0.984. The highest BCUT2D eigenvalue weighted by atomic mass is 16.5. The molecule has 27 heavy (non-hydrogen) atoms. The van der Waals surface area contributed by atoms with Crippen molar-refractivity contribution < 1.29 is 14.3 Å². The third-order valence-corrected chi connectivity index (χ3v) is 5.85. The Hall–Kier alpha value is -2.28. The molecule has 148 valence electrons. The molecule has 1 spiro atoms. The number of benzene rings is 1. The summed E-state index contributed by atoms with van der Waals surface area (Å²) in [5, 5.41) is 2.99. The summed E-state index contributed by atoms with van der Waals surface area (Å²) in [7, 11) is 3.97. The summed E-state index contributed by atoms with van der Waals surface area (Å²) < 4.78 is 5.44. The first-order valence-corrected chi connectivity index (χ1v) is 9.67. The fourth-order valence-corrected chi connectivity index (χ4v) is 3.94. The first-order chi connectivity index (χ1) is 12.9. The molecule has 2 aliphatic rings. The Morgan fingerprint density at radius 3 is 2.59 bits per heavy atom. The number of nitrogens with one attached hydrogen (secondary N) is 1. The van der Waals surface area contributed by atoms with E-state index in [1.54, 1.807) is 0 Å². The van der Waals surface area contributed by atoms with Crippen molar-refractivity contribution in [3.8, 4) is 5.75 Å². The van der Waals surface area contributed by atoms with Crippen LogP contribution in [0.3, 0.4) is 0 Å². The summed E-state index contributed by atoms with van der Waals surface area (Å²) in [6, 6.07) is 7.34. The van der Waals surface area contributed by atoms with Gasteiger partial charge in [-0.3, -0.25) is 9.69 Å². The normalized spacial score (nSPS) is 24.0. The lowest BCUT2D eigenvalue weighted by molar-refractivity contribution is -0.129. The summed E-state index contributed by atoms with van der Waals surface area (Å²) in [6.07, 6.45) is 2.22. The molecule has 0 aliphatic carbocycles. The summed E-state index contributed by atoms with van der Waals surface area (Å²) in [5.41, 5.74) is 0.627. The van der Waals surface area contributed by atoms with Crippen LogP contribution in [-0.2, 0) is 4.79 Å². The Kier molecular flexibility index (Phi) is 5.89. The van der Waals surface area contributed by atoms with Crippen molar-refractivity contribution in [1.29, 1.82) is 0 Å². The molecule has 7 heteroatoms. The molecule has 1 aromatic carbocycles. The van der Waals surface area contributed by atoms with Crippen LogP contribution in [0.5, 0.6) is 5.75 Å². The predicted octanol–water partition coefficient (Wildman–Crippen LogP) is 2.25. The number of anilines is 1. The topological polar surface area (TPSA) is 65.1 Å². The van der Waals surface area contributed by atoms with E-state index in [0.29, 0.717) is 26.1 Å². The Morgan fingerprint density at radius 1 is 1.15 bits per heavy atom. The fourth-order valence-electron chi connectivity index (χ4n) is 3.94. The first-order valence-electron chi connectivity index (χ1n) is 9.67. The zero-order valence-electron chi connectivity index (χ0n) is 16.5. The van der Waals surface area contributed by atoms with Gasteiger partial charge in [-0.1, -0.05) is 0 Å². The van der Waals surface area contributed by atoms with E-state index in [-0.39, 0.29) is 17.5 Å². The maximum Gasteiger partial charge on any atom is 0.321 e. The van der Waals surface area contributed by atoms with Crippen molar-refractivity contribution in [2.24, 2.45) is 0 Å². The Bertz CT molecular complexity index is 678. The van der Waals surface area contributed by atoms with Crippen LogP contribution in [0.25, 0.3) is 0 Å². The molecule has 1 aromatic rings.